The van der Waals surface area contributed by atoms with Crippen molar-refractivity contribution in [1.29, 1.82) is 0 Å². The van der Waals surface area contributed by atoms with Crippen molar-refractivity contribution >= 4 is 52.2 Å². The average Bonchev–Trinajstić information content (AvgIpc) is 2.10. The standard InChI is InChI=1S/C7H14INOS2/c1-3-11-5-7(9-10-8)6-12-4-2/h3-6H2,1-2H3. The fraction of sp³-hybridized carbons (Fsp3) is 0.857. The number of nitrogens with zero attached hydrogens (tertiary/aromatic N) is 1. The number of thioether (sulfide) groups is 2. The highest BCUT2D eigenvalue weighted by Crippen LogP contribution is 2.07. The van der Waals surface area contributed by atoms with Crippen LogP contribution < -0.4 is 0 Å². The Balaban J connectivity index is 3.62. The van der Waals surface area contributed by atoms with Crippen molar-refractivity contribution in [3.05, 3.63) is 0 Å². The van der Waals surface area contributed by atoms with Crippen LogP contribution in [0.1, 0.15) is 13.8 Å². The maximum Gasteiger partial charge on any atom is 0.230 e. The van der Waals surface area contributed by atoms with Crippen molar-refractivity contribution in [2.45, 2.75) is 13.8 Å². The van der Waals surface area contributed by atoms with Crippen LogP contribution in [0.25, 0.3) is 0 Å². The molecule has 0 aliphatic rings. The summed E-state index contributed by atoms with van der Waals surface area (Å²) in [6.45, 7) is 4.31. The van der Waals surface area contributed by atoms with Crippen LogP contribution in [0.5, 0.6) is 0 Å². The summed E-state index contributed by atoms with van der Waals surface area (Å²) in [6.07, 6.45) is 0. The molecule has 0 atom stereocenters. The first-order valence-corrected chi connectivity index (χ1v) is 7.03. The maximum absolute atomic E-state index is 4.73. The molecule has 0 heterocycles. The monoisotopic (exact) mass is 319 g/mol. The van der Waals surface area contributed by atoms with Gasteiger partial charge < -0.3 is 3.17 Å². The second kappa shape index (κ2) is 9.98. The molecule has 2 nitrogen and oxygen atoms in total. The van der Waals surface area contributed by atoms with E-state index in [-0.39, 0.29) is 0 Å². The lowest BCUT2D eigenvalue weighted by molar-refractivity contribution is 0.464. The SMILES string of the molecule is CCSCC(CSCC)=NOI. The van der Waals surface area contributed by atoms with E-state index < -0.39 is 0 Å². The molecule has 0 saturated heterocycles. The summed E-state index contributed by atoms with van der Waals surface area (Å²) >= 11 is 5.56. The Bertz CT molecular complexity index is 123. The highest BCUT2D eigenvalue weighted by atomic mass is 127. The van der Waals surface area contributed by atoms with Crippen LogP contribution in [0, 0.1) is 0 Å². The molecule has 0 aromatic rings. The van der Waals surface area contributed by atoms with Gasteiger partial charge in [-0.25, -0.2) is 0 Å². The second-order valence-electron chi connectivity index (χ2n) is 2.00. The molecular weight excluding hydrogens is 305 g/mol. The van der Waals surface area contributed by atoms with Crippen LogP contribution in [0.15, 0.2) is 5.16 Å². The molecular formula is C7H14INOS2. The zero-order valence-electron chi connectivity index (χ0n) is 7.38. The molecule has 0 rings (SSSR count). The average molecular weight is 319 g/mol. The van der Waals surface area contributed by atoms with Gasteiger partial charge in [-0.15, -0.1) is 0 Å². The lowest BCUT2D eigenvalue weighted by Crippen LogP contribution is -2.06. The van der Waals surface area contributed by atoms with Gasteiger partial charge in [0.25, 0.3) is 0 Å². The van der Waals surface area contributed by atoms with Crippen molar-refractivity contribution < 1.29 is 3.17 Å². The Morgan fingerprint density at radius 3 is 2.08 bits per heavy atom. The van der Waals surface area contributed by atoms with E-state index in [2.05, 4.69) is 19.0 Å². The van der Waals surface area contributed by atoms with E-state index in [1.807, 2.05) is 23.5 Å². The van der Waals surface area contributed by atoms with E-state index in [4.69, 9.17) is 3.17 Å². The van der Waals surface area contributed by atoms with E-state index in [0.29, 0.717) is 0 Å². The number of oxime groups is 1. The van der Waals surface area contributed by atoms with Crippen molar-refractivity contribution in [3.8, 4) is 0 Å². The smallest absolute Gasteiger partial charge is 0.230 e. The minimum atomic E-state index is 0.993. The molecule has 12 heavy (non-hydrogen) atoms. The minimum Gasteiger partial charge on any atom is -0.327 e. The van der Waals surface area contributed by atoms with E-state index in [9.17, 15) is 0 Å². The van der Waals surface area contributed by atoms with Gasteiger partial charge in [-0.05, 0) is 11.5 Å². The third-order valence-electron chi connectivity index (χ3n) is 1.11. The number of hydrogen-bond donors (Lipinski definition) is 0. The van der Waals surface area contributed by atoms with Crippen LogP contribution in [-0.2, 0) is 3.17 Å². The van der Waals surface area contributed by atoms with E-state index in [1.54, 1.807) is 23.0 Å². The van der Waals surface area contributed by atoms with Crippen LogP contribution in [0.4, 0.5) is 0 Å². The molecule has 0 amide bonds. The fourth-order valence-electron chi connectivity index (χ4n) is 0.583. The predicted octanol–water partition coefficient (Wildman–Crippen LogP) is 3.22. The van der Waals surface area contributed by atoms with Gasteiger partial charge in [-0.2, -0.15) is 23.5 Å². The summed E-state index contributed by atoms with van der Waals surface area (Å²) < 4.78 is 4.73. The summed E-state index contributed by atoms with van der Waals surface area (Å²) in [4.78, 5) is 0. The van der Waals surface area contributed by atoms with Crippen molar-refractivity contribution in [2.75, 3.05) is 23.0 Å². The topological polar surface area (TPSA) is 21.6 Å². The maximum atomic E-state index is 4.73. The van der Waals surface area contributed by atoms with E-state index in [1.165, 1.54) is 0 Å². The molecule has 0 fully saturated rings. The summed E-state index contributed by atoms with van der Waals surface area (Å²) in [7, 11) is 0. The van der Waals surface area contributed by atoms with Gasteiger partial charge in [-0.3, -0.25) is 0 Å². The quantitative estimate of drug-likeness (QED) is 0.409. The van der Waals surface area contributed by atoms with Crippen molar-refractivity contribution in [1.82, 2.24) is 0 Å². The Kier molecular flexibility index (Phi) is 10.7. The summed E-state index contributed by atoms with van der Waals surface area (Å²) in [5, 5.41) is 3.96. The van der Waals surface area contributed by atoms with Gasteiger partial charge in [-0.1, -0.05) is 19.0 Å². The highest BCUT2D eigenvalue weighted by molar-refractivity contribution is 14.1. The first-order valence-electron chi connectivity index (χ1n) is 3.84. The van der Waals surface area contributed by atoms with Gasteiger partial charge in [0, 0.05) is 11.5 Å². The predicted molar refractivity (Wildman–Crippen MR) is 68.5 cm³/mol. The molecule has 0 saturated carbocycles. The van der Waals surface area contributed by atoms with Crippen molar-refractivity contribution in [2.24, 2.45) is 5.16 Å². The molecule has 0 unspecified atom stereocenters. The van der Waals surface area contributed by atoms with Gasteiger partial charge in [0.05, 0.1) is 5.71 Å². The molecule has 0 aliphatic heterocycles. The fourth-order valence-corrected chi connectivity index (χ4v) is 2.18. The summed E-state index contributed by atoms with van der Waals surface area (Å²) in [6, 6.07) is 0. The van der Waals surface area contributed by atoms with Gasteiger partial charge in [0.2, 0.25) is 23.0 Å². The third-order valence-corrected chi connectivity index (χ3v) is 3.20. The number of rotatable bonds is 7. The zero-order chi connectivity index (χ0) is 9.23. The second-order valence-corrected chi connectivity index (χ2v) is 4.94. The Hall–Kier alpha value is 0.900. The lowest BCUT2D eigenvalue weighted by atomic mass is 10.5. The Morgan fingerprint density at radius 2 is 1.75 bits per heavy atom. The van der Waals surface area contributed by atoms with Gasteiger partial charge in [0.1, 0.15) is 0 Å². The van der Waals surface area contributed by atoms with E-state index in [0.717, 1.165) is 28.7 Å². The molecule has 0 bridgehead atoms. The van der Waals surface area contributed by atoms with Crippen molar-refractivity contribution in [3.63, 3.8) is 0 Å². The first-order chi connectivity index (χ1) is 5.85. The highest BCUT2D eigenvalue weighted by Gasteiger charge is 1.99. The molecule has 5 heteroatoms. The number of halogens is 1. The van der Waals surface area contributed by atoms with Crippen LogP contribution in [0.3, 0.4) is 0 Å². The van der Waals surface area contributed by atoms with Gasteiger partial charge >= 0.3 is 0 Å². The molecule has 72 valence electrons. The molecule has 0 aromatic carbocycles. The summed E-state index contributed by atoms with van der Waals surface area (Å²) in [5.74, 6) is 4.26. The Labute approximate surface area is 97.0 Å². The number of hydrogen-bond acceptors (Lipinski definition) is 4. The summed E-state index contributed by atoms with van der Waals surface area (Å²) in [5.41, 5.74) is 1.14. The Morgan fingerprint density at radius 1 is 1.25 bits per heavy atom. The molecule has 0 aromatic heterocycles. The molecule has 0 N–H and O–H groups in total. The van der Waals surface area contributed by atoms with Crippen LogP contribution in [-0.4, -0.2) is 28.7 Å². The largest absolute Gasteiger partial charge is 0.327 e. The van der Waals surface area contributed by atoms with Crippen LogP contribution >= 0.6 is 46.5 Å². The lowest BCUT2D eigenvalue weighted by Gasteiger charge is -2.01. The molecule has 0 spiro atoms. The normalized spacial score (nSPS) is 9.58. The molecule has 0 radical (unpaired) electrons. The third kappa shape index (κ3) is 7.54. The molecule has 0 aliphatic carbocycles. The van der Waals surface area contributed by atoms with Crippen LogP contribution in [0.2, 0.25) is 0 Å². The first kappa shape index (κ1) is 12.9. The van der Waals surface area contributed by atoms with Gasteiger partial charge in [0.15, 0.2) is 0 Å². The zero-order valence-corrected chi connectivity index (χ0v) is 11.2. The minimum absolute atomic E-state index is 0.993. The van der Waals surface area contributed by atoms with E-state index >= 15 is 0 Å².